The first-order valence-corrected chi connectivity index (χ1v) is 13.7. The smallest absolute Gasteiger partial charge is 0.303 e. The summed E-state index contributed by atoms with van der Waals surface area (Å²) >= 11 is 0. The number of hydrogen-bond donors (Lipinski definition) is 4. The molecule has 0 aromatic heterocycles. The van der Waals surface area contributed by atoms with Crippen molar-refractivity contribution in [3.63, 3.8) is 0 Å². The van der Waals surface area contributed by atoms with Gasteiger partial charge in [0.25, 0.3) is 0 Å². The zero-order valence-electron chi connectivity index (χ0n) is 22.3. The number of rotatable bonds is 13. The number of carboxylic acid groups (broad SMARTS) is 2. The predicted molar refractivity (Wildman–Crippen MR) is 153 cm³/mol. The summed E-state index contributed by atoms with van der Waals surface area (Å²) in [6.07, 6.45) is 8.51. The number of hydrogen-bond acceptors (Lipinski definition) is 6. The van der Waals surface area contributed by atoms with E-state index in [4.69, 9.17) is 10.2 Å². The Morgan fingerprint density at radius 3 is 1.21 bits per heavy atom. The molecule has 4 rings (SSSR count). The minimum atomic E-state index is -0.714. The second-order valence-corrected chi connectivity index (χ2v) is 9.16. The summed E-state index contributed by atoms with van der Waals surface area (Å²) in [6.45, 7) is 3.77. The summed E-state index contributed by atoms with van der Waals surface area (Å²) in [5, 5.41) is 23.3. The quantitative estimate of drug-likeness (QED) is 0.271. The fourth-order valence-electron chi connectivity index (χ4n) is 3.99. The summed E-state index contributed by atoms with van der Waals surface area (Å²) < 4.78 is 0. The normalized spacial score (nSPS) is 13.5. The molecule has 2 heterocycles. The number of nitrogens with zero attached hydrogens (tertiary/aromatic N) is 2. The van der Waals surface area contributed by atoms with Gasteiger partial charge in [-0.1, -0.05) is 99.2 Å². The van der Waals surface area contributed by atoms with Crippen LogP contribution in [0.4, 0.5) is 0 Å². The third kappa shape index (κ3) is 14.2. The molecule has 8 nitrogen and oxygen atoms in total. The lowest BCUT2D eigenvalue weighted by Gasteiger charge is -2.00. The first-order chi connectivity index (χ1) is 18.6. The minimum absolute atomic E-state index is 0.276. The van der Waals surface area contributed by atoms with E-state index in [2.05, 4.69) is 44.9 Å². The fraction of sp³-hybridized carbons (Fsp3) is 0.467. The van der Waals surface area contributed by atoms with Crippen molar-refractivity contribution in [2.24, 2.45) is 9.98 Å². The molecule has 0 spiro atoms. The average Bonchev–Trinajstić information content (AvgIpc) is 3.67. The van der Waals surface area contributed by atoms with Crippen molar-refractivity contribution >= 4 is 23.6 Å². The highest BCUT2D eigenvalue weighted by Gasteiger charge is 2.06. The van der Waals surface area contributed by atoms with Crippen LogP contribution in [0.1, 0.15) is 75.3 Å². The maximum Gasteiger partial charge on any atom is 0.303 e. The minimum Gasteiger partial charge on any atom is -0.481 e. The van der Waals surface area contributed by atoms with Crippen LogP contribution in [0.15, 0.2) is 70.6 Å². The molecular weight excluding hydrogens is 480 g/mol. The summed E-state index contributed by atoms with van der Waals surface area (Å²) in [4.78, 5) is 29.0. The summed E-state index contributed by atoms with van der Waals surface area (Å²) in [5.74, 6) is 0.638. The Hall–Kier alpha value is -3.68. The standard InChI is InChI=1S/C12H22O4.2C9H10N2/c13-11(14)9-7-5-3-1-2-4-6-8-10-12(15)16;2*1-2-4-8(5-3-1)9-10-6-7-11-9/h1-10H2,(H,13,14)(H,15,16);2*1-5H,6-7H2,(H,10,11). The molecule has 2 aliphatic rings. The monoisotopic (exact) mass is 522 g/mol. The van der Waals surface area contributed by atoms with Crippen molar-refractivity contribution in [2.75, 3.05) is 26.2 Å². The molecule has 0 saturated heterocycles. The van der Waals surface area contributed by atoms with E-state index in [1.165, 1.54) is 11.1 Å². The summed E-state index contributed by atoms with van der Waals surface area (Å²) in [6, 6.07) is 20.4. The highest BCUT2D eigenvalue weighted by Crippen LogP contribution is 2.10. The molecule has 2 aromatic rings. The van der Waals surface area contributed by atoms with Gasteiger partial charge in [0.1, 0.15) is 11.7 Å². The third-order valence-electron chi connectivity index (χ3n) is 5.97. The van der Waals surface area contributed by atoms with E-state index in [1.54, 1.807) is 0 Å². The lowest BCUT2D eigenvalue weighted by atomic mass is 10.1. The number of benzene rings is 2. The second kappa shape index (κ2) is 19.4. The highest BCUT2D eigenvalue weighted by atomic mass is 16.4. The maximum absolute atomic E-state index is 10.2. The van der Waals surface area contributed by atoms with Gasteiger partial charge in [0.2, 0.25) is 0 Å². The molecule has 0 aliphatic carbocycles. The van der Waals surface area contributed by atoms with Gasteiger partial charge in [-0.2, -0.15) is 0 Å². The van der Waals surface area contributed by atoms with Crippen LogP contribution in [-0.2, 0) is 9.59 Å². The summed E-state index contributed by atoms with van der Waals surface area (Å²) in [7, 11) is 0. The number of aliphatic imine (C=N–C) groups is 2. The number of amidine groups is 2. The van der Waals surface area contributed by atoms with Gasteiger partial charge in [-0.3, -0.25) is 19.6 Å². The van der Waals surface area contributed by atoms with Gasteiger partial charge >= 0.3 is 11.9 Å². The highest BCUT2D eigenvalue weighted by molar-refractivity contribution is 6.00. The Bertz CT molecular complexity index is 912. The van der Waals surface area contributed by atoms with Crippen molar-refractivity contribution in [2.45, 2.75) is 64.2 Å². The Balaban J connectivity index is 0.000000204. The van der Waals surface area contributed by atoms with E-state index in [0.717, 1.165) is 89.2 Å². The number of nitrogens with one attached hydrogen (secondary N) is 2. The van der Waals surface area contributed by atoms with E-state index in [9.17, 15) is 9.59 Å². The van der Waals surface area contributed by atoms with Crippen molar-refractivity contribution in [1.82, 2.24) is 10.6 Å². The van der Waals surface area contributed by atoms with Crippen molar-refractivity contribution in [3.05, 3.63) is 71.8 Å². The van der Waals surface area contributed by atoms with E-state index >= 15 is 0 Å². The van der Waals surface area contributed by atoms with Crippen molar-refractivity contribution in [3.8, 4) is 0 Å². The summed E-state index contributed by atoms with van der Waals surface area (Å²) in [5.41, 5.74) is 2.37. The zero-order valence-corrected chi connectivity index (χ0v) is 22.3. The molecule has 0 atom stereocenters. The molecule has 0 fully saturated rings. The molecule has 8 heteroatoms. The largest absolute Gasteiger partial charge is 0.481 e. The molecule has 0 radical (unpaired) electrons. The SMILES string of the molecule is O=C(O)CCCCCCCCCCC(=O)O.c1ccc(C2=NCCN2)cc1.c1ccc(C2=NCCN2)cc1. The van der Waals surface area contributed by atoms with Gasteiger partial charge in [0.05, 0.1) is 13.1 Å². The van der Waals surface area contributed by atoms with Crippen LogP contribution in [0.2, 0.25) is 0 Å². The van der Waals surface area contributed by atoms with Crippen LogP contribution in [0.3, 0.4) is 0 Å². The average molecular weight is 523 g/mol. The third-order valence-corrected chi connectivity index (χ3v) is 5.97. The van der Waals surface area contributed by atoms with Crippen LogP contribution in [-0.4, -0.2) is 60.0 Å². The topological polar surface area (TPSA) is 123 Å². The Kier molecular flexibility index (Phi) is 15.6. The van der Waals surface area contributed by atoms with Crippen LogP contribution < -0.4 is 10.6 Å². The van der Waals surface area contributed by atoms with E-state index in [-0.39, 0.29) is 12.8 Å². The lowest BCUT2D eigenvalue weighted by molar-refractivity contribution is -0.138. The first-order valence-electron chi connectivity index (χ1n) is 13.7. The molecule has 206 valence electrons. The molecule has 4 N–H and O–H groups in total. The van der Waals surface area contributed by atoms with E-state index in [1.807, 2.05) is 36.4 Å². The second-order valence-electron chi connectivity index (χ2n) is 9.16. The Labute approximate surface area is 226 Å². The zero-order chi connectivity index (χ0) is 27.3. The number of carboxylic acids is 2. The molecule has 0 saturated carbocycles. The van der Waals surface area contributed by atoms with Gasteiger partial charge in [0.15, 0.2) is 0 Å². The van der Waals surface area contributed by atoms with Gasteiger partial charge < -0.3 is 20.8 Å². The maximum atomic E-state index is 10.2. The fourth-order valence-corrected chi connectivity index (χ4v) is 3.99. The van der Waals surface area contributed by atoms with Gasteiger partial charge in [-0.15, -0.1) is 0 Å². The molecule has 2 aliphatic heterocycles. The van der Waals surface area contributed by atoms with Crippen molar-refractivity contribution < 1.29 is 19.8 Å². The molecule has 2 aromatic carbocycles. The van der Waals surface area contributed by atoms with E-state index in [0.29, 0.717) is 0 Å². The molecule has 0 bridgehead atoms. The van der Waals surface area contributed by atoms with Crippen molar-refractivity contribution in [1.29, 1.82) is 0 Å². The molecular formula is C30H42N4O4. The van der Waals surface area contributed by atoms with Crippen LogP contribution in [0, 0.1) is 0 Å². The van der Waals surface area contributed by atoms with Crippen LogP contribution in [0.5, 0.6) is 0 Å². The Morgan fingerprint density at radius 2 is 0.921 bits per heavy atom. The van der Waals surface area contributed by atoms with Gasteiger partial charge in [0, 0.05) is 37.1 Å². The van der Waals surface area contributed by atoms with Gasteiger partial charge in [-0.25, -0.2) is 0 Å². The first kappa shape index (κ1) is 30.5. The lowest BCUT2D eigenvalue weighted by Crippen LogP contribution is -2.19. The van der Waals surface area contributed by atoms with E-state index < -0.39 is 11.9 Å². The number of unbranched alkanes of at least 4 members (excludes halogenated alkanes) is 7. The van der Waals surface area contributed by atoms with Crippen LogP contribution in [0.25, 0.3) is 0 Å². The Morgan fingerprint density at radius 1 is 0.579 bits per heavy atom. The van der Waals surface area contributed by atoms with Crippen LogP contribution >= 0.6 is 0 Å². The molecule has 0 unspecified atom stereocenters. The molecule has 38 heavy (non-hydrogen) atoms. The van der Waals surface area contributed by atoms with Gasteiger partial charge in [-0.05, 0) is 12.8 Å². The number of aliphatic carboxylic acids is 2. The number of carbonyl (C=O) groups is 2. The molecule has 0 amide bonds. The predicted octanol–water partition coefficient (Wildman–Crippen LogP) is 5.13.